The first-order chi connectivity index (χ1) is 8.73. The molecule has 2 nitrogen and oxygen atoms in total. The summed E-state index contributed by atoms with van der Waals surface area (Å²) in [6, 6.07) is 9.50. The maximum absolute atomic E-state index is 12.3. The Hall–Kier alpha value is -0.583. The van der Waals surface area contributed by atoms with Gasteiger partial charge in [-0.1, -0.05) is 44.2 Å². The molecule has 1 unspecified atom stereocenters. The molecule has 0 aromatic heterocycles. The van der Waals surface area contributed by atoms with Crippen molar-refractivity contribution in [3.8, 4) is 0 Å². The van der Waals surface area contributed by atoms with Crippen molar-refractivity contribution in [3.05, 3.63) is 30.3 Å². The molecule has 0 saturated heterocycles. The third kappa shape index (κ3) is 5.93. The molecular weight excluding hydrogens is 290 g/mol. The van der Waals surface area contributed by atoms with Gasteiger partial charge in [0.1, 0.15) is 6.61 Å². The summed E-state index contributed by atoms with van der Waals surface area (Å²) in [5.74, 6) is 0. The topological polar surface area (TPSA) is 21.6 Å². The minimum absolute atomic E-state index is 0.0222. The first kappa shape index (κ1) is 16.5. The van der Waals surface area contributed by atoms with Crippen molar-refractivity contribution in [2.45, 2.75) is 25.7 Å². The van der Waals surface area contributed by atoms with E-state index in [4.69, 9.17) is 4.52 Å². The highest BCUT2D eigenvalue weighted by atomic mass is 31.2. The van der Waals surface area contributed by atoms with Crippen LogP contribution in [0.4, 0.5) is 13.2 Å². The number of hydrogen-bond acceptors (Lipinski definition) is 2. The van der Waals surface area contributed by atoms with Gasteiger partial charge in [0.25, 0.3) is 0 Å². The van der Waals surface area contributed by atoms with Crippen LogP contribution >= 0.6 is 7.28 Å². The highest BCUT2D eigenvalue weighted by molar-refractivity contribution is 7.62. The van der Waals surface area contributed by atoms with Gasteiger partial charge in [0.15, 0.2) is 0 Å². The van der Waals surface area contributed by atoms with Crippen LogP contribution in [0.2, 0.25) is 0 Å². The van der Waals surface area contributed by atoms with Gasteiger partial charge in [-0.05, 0) is 11.9 Å². The third-order valence-electron chi connectivity index (χ3n) is 2.60. The number of benzene rings is 1. The molecule has 106 valence electrons. The first-order valence-electron chi connectivity index (χ1n) is 5.84. The molecule has 2 radical (unpaired) electrons. The van der Waals surface area contributed by atoms with E-state index in [1.807, 2.05) is 44.2 Å². The van der Waals surface area contributed by atoms with E-state index in [1.165, 1.54) is 0 Å². The van der Waals surface area contributed by atoms with Crippen molar-refractivity contribution in [1.29, 1.82) is 0 Å². The fraction of sp³-hybridized carbons (Fsp3) is 0.500. The molecule has 0 spiro atoms. The number of rotatable bonds is 5. The van der Waals surface area contributed by atoms with E-state index in [-0.39, 0.29) is 15.3 Å². The molecule has 0 fully saturated rings. The Labute approximate surface area is 114 Å². The van der Waals surface area contributed by atoms with E-state index in [0.29, 0.717) is 0 Å². The van der Waals surface area contributed by atoms with Gasteiger partial charge in [0.05, 0.1) is 7.28 Å². The molecule has 1 rings (SSSR count). The molecule has 0 heterocycles. The Bertz CT molecular complexity index is 448. The average molecular weight is 307 g/mol. The number of alkyl halides is 3. The van der Waals surface area contributed by atoms with Crippen molar-refractivity contribution in [3.63, 3.8) is 0 Å². The second-order valence-corrected chi connectivity index (χ2v) is 9.28. The molecule has 19 heavy (non-hydrogen) atoms. The third-order valence-corrected chi connectivity index (χ3v) is 7.75. The predicted molar refractivity (Wildman–Crippen MR) is 74.2 cm³/mol. The van der Waals surface area contributed by atoms with Crippen LogP contribution in [0.3, 0.4) is 0 Å². The largest absolute Gasteiger partial charge is 0.412 e. The molecule has 0 N–H and O–H groups in total. The Kier molecular flexibility index (Phi) is 5.83. The summed E-state index contributed by atoms with van der Waals surface area (Å²) in [4.78, 5) is 0. The van der Waals surface area contributed by atoms with Gasteiger partial charge >= 0.3 is 6.18 Å². The van der Waals surface area contributed by atoms with Crippen LogP contribution in [0.5, 0.6) is 0 Å². The molecule has 0 aliphatic rings. The lowest BCUT2D eigenvalue weighted by Crippen LogP contribution is -2.19. The van der Waals surface area contributed by atoms with Gasteiger partial charge in [-0.25, -0.2) is 0 Å². The molecule has 1 aromatic rings. The van der Waals surface area contributed by atoms with Crippen molar-refractivity contribution >= 4 is 22.1 Å². The van der Waals surface area contributed by atoms with Crippen molar-refractivity contribution < 1.29 is 17.7 Å². The molecular formula is C12H17F3NOPSi. The fourth-order valence-electron chi connectivity index (χ4n) is 1.17. The smallest absolute Gasteiger partial charge is 0.336 e. The van der Waals surface area contributed by atoms with E-state index in [1.54, 1.807) is 6.66 Å². The lowest BCUT2D eigenvalue weighted by molar-refractivity contribution is -0.152. The first-order valence-corrected chi connectivity index (χ1v) is 8.96. The van der Waals surface area contributed by atoms with Gasteiger partial charge in [-0.2, -0.15) is 13.2 Å². The van der Waals surface area contributed by atoms with Crippen LogP contribution in [0, 0.1) is 0 Å². The molecule has 7 heteroatoms. The second kappa shape index (κ2) is 6.73. The maximum atomic E-state index is 12.3. The van der Waals surface area contributed by atoms with Crippen LogP contribution in [-0.4, -0.2) is 34.8 Å². The average Bonchev–Trinajstić information content (AvgIpc) is 2.34. The highest BCUT2D eigenvalue weighted by Gasteiger charge is 2.31. The molecule has 1 atom stereocenters. The van der Waals surface area contributed by atoms with Crippen LogP contribution < -0.4 is 5.19 Å². The summed E-state index contributed by atoms with van der Waals surface area (Å²) in [6.07, 6.45) is -4.30. The quantitative estimate of drug-likeness (QED) is 0.601. The Morgan fingerprint density at radius 2 is 1.84 bits per heavy atom. The van der Waals surface area contributed by atoms with Crippen molar-refractivity contribution in [1.82, 2.24) is 0 Å². The molecule has 0 amide bonds. The van der Waals surface area contributed by atoms with E-state index >= 15 is 0 Å². The van der Waals surface area contributed by atoms with E-state index in [0.717, 1.165) is 5.19 Å². The predicted octanol–water partition coefficient (Wildman–Crippen LogP) is 3.66. The van der Waals surface area contributed by atoms with Crippen LogP contribution in [0.15, 0.2) is 34.7 Å². The zero-order chi connectivity index (χ0) is 14.5. The monoisotopic (exact) mass is 307 g/mol. The summed E-state index contributed by atoms with van der Waals surface area (Å²) >= 11 is 0. The second-order valence-electron chi connectivity index (χ2n) is 4.50. The van der Waals surface area contributed by atoms with E-state index in [9.17, 15) is 13.2 Å². The summed E-state index contributed by atoms with van der Waals surface area (Å²) in [6.45, 7) is 4.18. The lowest BCUT2D eigenvalue weighted by atomic mass is 10.4. The SMILES string of the molecule is CC(C)P(C)(=N[Si]c1ccccc1)OCC(F)(F)F. The molecule has 0 saturated carbocycles. The Balaban J connectivity index is 2.81. The highest BCUT2D eigenvalue weighted by Crippen LogP contribution is 2.52. The fourth-order valence-corrected chi connectivity index (χ4v) is 4.63. The summed E-state index contributed by atoms with van der Waals surface area (Å²) in [5, 5.41) is 1.00. The molecule has 0 bridgehead atoms. The minimum atomic E-state index is -4.30. The lowest BCUT2D eigenvalue weighted by Gasteiger charge is -2.25. The summed E-state index contributed by atoms with van der Waals surface area (Å²) in [7, 11) is -2.26. The number of nitrogens with zero attached hydrogens (tertiary/aromatic N) is 1. The van der Waals surface area contributed by atoms with E-state index < -0.39 is 20.1 Å². The number of halogens is 3. The Morgan fingerprint density at radius 3 is 2.32 bits per heavy atom. The molecule has 1 aromatic carbocycles. The zero-order valence-electron chi connectivity index (χ0n) is 11.1. The van der Waals surface area contributed by atoms with Crippen molar-refractivity contribution in [2.75, 3.05) is 13.3 Å². The van der Waals surface area contributed by atoms with Crippen molar-refractivity contribution in [2.24, 2.45) is 4.41 Å². The van der Waals surface area contributed by atoms with Crippen LogP contribution in [0.1, 0.15) is 13.8 Å². The Morgan fingerprint density at radius 1 is 1.26 bits per heavy atom. The zero-order valence-corrected chi connectivity index (χ0v) is 13.0. The number of hydrogen-bond donors (Lipinski definition) is 0. The minimum Gasteiger partial charge on any atom is -0.336 e. The summed E-state index contributed by atoms with van der Waals surface area (Å²) in [5.41, 5.74) is -0.0222. The van der Waals surface area contributed by atoms with Gasteiger partial charge < -0.3 is 8.93 Å². The standard InChI is InChI=1S/C12H17F3NOPSi/c1-10(2)18(3,17-9-12(13,14)15)16-19-11-7-5-4-6-8-11/h4-8,10H,9H2,1-3H3. The molecule has 0 aliphatic carbocycles. The van der Waals surface area contributed by atoms with E-state index in [2.05, 4.69) is 4.41 Å². The van der Waals surface area contributed by atoms with Crippen LogP contribution in [0.25, 0.3) is 0 Å². The maximum Gasteiger partial charge on any atom is 0.412 e. The van der Waals surface area contributed by atoms with Gasteiger partial charge in [0, 0.05) is 5.66 Å². The van der Waals surface area contributed by atoms with Gasteiger partial charge in [0.2, 0.25) is 9.68 Å². The van der Waals surface area contributed by atoms with Gasteiger partial charge in [-0.15, -0.1) is 0 Å². The normalized spacial score (nSPS) is 15.3. The summed E-state index contributed by atoms with van der Waals surface area (Å²) < 4.78 is 46.3. The molecule has 0 aliphatic heterocycles. The van der Waals surface area contributed by atoms with Gasteiger partial charge in [-0.3, -0.25) is 0 Å². The van der Waals surface area contributed by atoms with Crippen LogP contribution in [-0.2, 0) is 4.52 Å².